The zero-order valence-electron chi connectivity index (χ0n) is 41.2. The molecular formula is C52H67F9N6O6. The van der Waals surface area contributed by atoms with Gasteiger partial charge in [-0.15, -0.1) is 0 Å². The van der Waals surface area contributed by atoms with Gasteiger partial charge in [-0.1, -0.05) is 33.1 Å². The van der Waals surface area contributed by atoms with Crippen LogP contribution in [0.1, 0.15) is 146 Å². The van der Waals surface area contributed by atoms with Crippen LogP contribution in [0.4, 0.5) is 62.9 Å². The average Bonchev–Trinajstić information content (AvgIpc) is 3.89. The van der Waals surface area contributed by atoms with E-state index in [4.69, 9.17) is 18.3 Å². The van der Waals surface area contributed by atoms with E-state index in [2.05, 4.69) is 20.6 Å². The minimum Gasteiger partial charge on any atom is -0.484 e. The molecule has 3 aliphatic heterocycles. The summed E-state index contributed by atoms with van der Waals surface area (Å²) >= 11 is 0. The van der Waals surface area contributed by atoms with Gasteiger partial charge >= 0.3 is 6.18 Å². The Hall–Kier alpha value is -5.63. The van der Waals surface area contributed by atoms with Crippen LogP contribution < -0.4 is 29.9 Å². The van der Waals surface area contributed by atoms with Gasteiger partial charge in [0.25, 0.3) is 23.8 Å². The van der Waals surface area contributed by atoms with E-state index in [0.717, 1.165) is 120 Å². The Morgan fingerprint density at radius 3 is 1.51 bits per heavy atom. The van der Waals surface area contributed by atoms with Gasteiger partial charge in [0, 0.05) is 64.2 Å². The fraction of sp³-hybridized carbons (Fsp3) is 0.615. The van der Waals surface area contributed by atoms with Crippen LogP contribution in [0, 0.1) is 52.9 Å². The number of fused-ring (bicyclic) bond motifs is 4. The van der Waals surface area contributed by atoms with Gasteiger partial charge in [-0.05, 0) is 107 Å². The highest BCUT2D eigenvalue weighted by Gasteiger charge is 2.48. The molecule has 12 rings (SSSR count). The molecule has 0 radical (unpaired) electrons. The summed E-state index contributed by atoms with van der Waals surface area (Å²) in [7, 11) is 0. The molecule has 4 unspecified atom stereocenters. The van der Waals surface area contributed by atoms with Gasteiger partial charge in [0.2, 0.25) is 0 Å². The first-order valence-electron chi connectivity index (χ1n) is 25.7. The molecule has 8 aliphatic rings. The Morgan fingerprint density at radius 2 is 1.08 bits per heavy atom. The number of nitrogens with zero attached hydrogens (tertiary/aromatic N) is 4. The first-order valence-corrected chi connectivity index (χ1v) is 25.7. The van der Waals surface area contributed by atoms with Crippen molar-refractivity contribution in [2.24, 2.45) is 29.6 Å². The number of carbonyl (C=O) groups excluding carboxylic acids is 2. The summed E-state index contributed by atoms with van der Waals surface area (Å²) < 4.78 is 144. The van der Waals surface area contributed by atoms with Crippen molar-refractivity contribution in [1.82, 2.24) is 9.97 Å². The number of rotatable bonds is 12. The number of nitrogens with one attached hydrogen (secondary N) is 2. The van der Waals surface area contributed by atoms with Gasteiger partial charge in [-0.3, -0.25) is 14.0 Å². The number of amides is 2. The van der Waals surface area contributed by atoms with E-state index in [9.17, 15) is 49.1 Å². The zero-order valence-corrected chi connectivity index (χ0v) is 41.2. The lowest BCUT2D eigenvalue weighted by molar-refractivity contribution is -0.130. The first kappa shape index (κ1) is 53.7. The second kappa shape index (κ2) is 23.3. The van der Waals surface area contributed by atoms with E-state index in [1.54, 1.807) is 4.90 Å². The number of oxazole rings is 2. The minimum absolute atomic E-state index is 0. The van der Waals surface area contributed by atoms with Gasteiger partial charge in [0.05, 0.1) is 18.9 Å². The molecule has 2 amide bonds. The topological polar surface area (TPSA) is 135 Å². The van der Waals surface area contributed by atoms with Crippen LogP contribution in [0.15, 0.2) is 33.1 Å². The molecule has 5 aliphatic carbocycles. The molecule has 2 aromatic heterocycles. The summed E-state index contributed by atoms with van der Waals surface area (Å²) in [6.45, 7) is 6.06. The largest absolute Gasteiger partial charge is 0.484 e. The molecule has 2 N–H and O–H groups in total. The van der Waals surface area contributed by atoms with Crippen LogP contribution in [0.2, 0.25) is 0 Å². The maximum absolute atomic E-state index is 14.6. The van der Waals surface area contributed by atoms with Crippen LogP contribution >= 0.6 is 0 Å². The van der Waals surface area contributed by atoms with E-state index in [0.29, 0.717) is 42.8 Å². The van der Waals surface area contributed by atoms with Crippen molar-refractivity contribution in [3.05, 3.63) is 70.4 Å². The number of carbonyl (C=O) groups is 2. The smallest absolute Gasteiger partial charge is 0.396 e. The highest BCUT2D eigenvalue weighted by molar-refractivity contribution is 6.04. The van der Waals surface area contributed by atoms with E-state index < -0.39 is 77.3 Å². The van der Waals surface area contributed by atoms with Crippen molar-refractivity contribution < 1.29 is 70.3 Å². The third-order valence-corrected chi connectivity index (χ3v) is 14.6. The number of hydrogen-bond acceptors (Lipinski definition) is 10. The number of benzene rings is 2. The Labute approximate surface area is 421 Å². The van der Waals surface area contributed by atoms with Crippen molar-refractivity contribution >= 4 is 35.2 Å². The molecular weight excluding hydrogens is 976 g/mol. The Bertz CT molecular complexity index is 2490. The van der Waals surface area contributed by atoms with Gasteiger partial charge in [-0.25, -0.2) is 22.0 Å². The summed E-state index contributed by atoms with van der Waals surface area (Å²) in [5, 5.41) is 4.66. The lowest BCUT2D eigenvalue weighted by Crippen LogP contribution is -2.51. The lowest BCUT2D eigenvalue weighted by atomic mass is 9.74. The Morgan fingerprint density at radius 1 is 0.658 bits per heavy atom. The standard InChI is InChI=1S/C25H28F5N3O3.C23H24F3N3O3.C2H5F.C2H6.2H2/c26-18-11-16(12-19(27)22(18)35-17-9-14-8-15(14)10-17)31-23(34)21-20(13-25(28,29)30)36-24(32-21)33-6-4-2-1-3-5-7-33;24-10-19-20(28-23(32-19)29-2-1-11-3-15(29)4-11)22(30)27-14-8-17(25)21(18(26)9-14)31-16-6-12-5-13(12)7-16;1-2-3;1-2;;/h11-12,14-15,17H,1-10,13H2,(H,31,34);8-9,11-13,15-16H,1-7,10H2,(H,27,30);2H2,1H3;1-2H3;2*1H. The zero-order chi connectivity index (χ0) is 52.1. The fourth-order valence-corrected chi connectivity index (χ4v) is 10.8. The third kappa shape index (κ3) is 13.2. The second-order valence-corrected chi connectivity index (χ2v) is 19.8. The summed E-state index contributed by atoms with van der Waals surface area (Å²) in [5.74, 6) is -4.26. The van der Waals surface area contributed by atoms with Crippen molar-refractivity contribution in [2.75, 3.05) is 46.7 Å². The second-order valence-electron chi connectivity index (χ2n) is 19.8. The normalized spacial score (nSPS) is 25.4. The molecule has 3 saturated heterocycles. The number of hydrogen-bond donors (Lipinski definition) is 2. The molecule has 8 fully saturated rings. The molecule has 2 aromatic carbocycles. The monoisotopic (exact) mass is 1040 g/mol. The molecule has 4 atom stereocenters. The van der Waals surface area contributed by atoms with Crippen LogP contribution in [-0.2, 0) is 13.1 Å². The highest BCUT2D eigenvalue weighted by Crippen LogP contribution is 2.54. The quantitative estimate of drug-likeness (QED) is 0.132. The van der Waals surface area contributed by atoms with E-state index in [1.165, 1.54) is 13.3 Å². The van der Waals surface area contributed by atoms with E-state index in [-0.39, 0.29) is 56.6 Å². The SMILES string of the molecule is CC.CCF.O=C(Nc1cc(F)c(OC2CC3CC3C2)c(F)c1)c1nc(N2CCC3CC2C3)oc1CF.O=C(Nc1cc(F)c(OC2CC3CC3C2)c(F)c1)c1nc(N2CCCCCCC2)oc1CC(F)(F)F.[HH].[HH]. The van der Waals surface area contributed by atoms with Crippen molar-refractivity contribution in [3.63, 3.8) is 0 Å². The summed E-state index contributed by atoms with van der Waals surface area (Å²) in [4.78, 5) is 37.6. The molecule has 5 saturated carbocycles. The summed E-state index contributed by atoms with van der Waals surface area (Å²) in [5.41, 5.74) is -1.13. The van der Waals surface area contributed by atoms with E-state index >= 15 is 0 Å². The van der Waals surface area contributed by atoms with Gasteiger partial charge in [0.15, 0.2) is 51.9 Å². The maximum Gasteiger partial charge on any atom is 0.396 e. The number of anilines is 4. The number of halogens is 9. The van der Waals surface area contributed by atoms with Crippen molar-refractivity contribution in [3.8, 4) is 11.5 Å². The molecule has 21 heteroatoms. The molecule has 5 heterocycles. The first-order chi connectivity index (χ1) is 35.1. The maximum atomic E-state index is 14.6. The molecule has 12 nitrogen and oxygen atoms in total. The van der Waals surface area contributed by atoms with Crippen LogP contribution in [-0.4, -0.2) is 72.5 Å². The van der Waals surface area contributed by atoms with Crippen LogP contribution in [0.25, 0.3) is 0 Å². The molecule has 0 spiro atoms. The Kier molecular flexibility index (Phi) is 17.1. The van der Waals surface area contributed by atoms with Crippen molar-refractivity contribution in [1.29, 1.82) is 0 Å². The average molecular weight is 1040 g/mol. The molecule has 404 valence electrons. The molecule has 4 aromatic rings. The molecule has 2 bridgehead atoms. The number of alkyl halides is 5. The predicted octanol–water partition coefficient (Wildman–Crippen LogP) is 13.6. The highest BCUT2D eigenvalue weighted by atomic mass is 19.4. The molecule has 73 heavy (non-hydrogen) atoms. The van der Waals surface area contributed by atoms with Gasteiger partial charge in [-0.2, -0.15) is 23.1 Å². The van der Waals surface area contributed by atoms with E-state index in [1.807, 2.05) is 18.7 Å². The van der Waals surface area contributed by atoms with Crippen molar-refractivity contribution in [2.45, 2.75) is 148 Å². The number of aromatic nitrogens is 2. The van der Waals surface area contributed by atoms with Gasteiger partial charge in [0.1, 0.15) is 18.9 Å². The number of piperidine rings is 2. The third-order valence-electron chi connectivity index (χ3n) is 14.6. The fourth-order valence-electron chi connectivity index (χ4n) is 10.8. The predicted molar refractivity (Wildman–Crippen MR) is 258 cm³/mol. The number of ether oxygens (including phenoxy) is 2. The lowest BCUT2D eigenvalue weighted by Gasteiger charge is -2.48. The van der Waals surface area contributed by atoms with Crippen LogP contribution in [0.3, 0.4) is 0 Å². The minimum atomic E-state index is -4.64. The summed E-state index contributed by atoms with van der Waals surface area (Å²) in [6.07, 6.45) is 6.73. The Balaban J connectivity index is 0.000000220. The van der Waals surface area contributed by atoms with Gasteiger partial charge < -0.3 is 38.7 Å². The van der Waals surface area contributed by atoms with Crippen LogP contribution in [0.5, 0.6) is 11.5 Å². The summed E-state index contributed by atoms with van der Waals surface area (Å²) in [6, 6.07) is 4.24.